The van der Waals surface area contributed by atoms with E-state index >= 15 is 0 Å². The predicted octanol–water partition coefficient (Wildman–Crippen LogP) is 3.86. The number of aromatic hydroxyl groups is 1. The topological polar surface area (TPSA) is 41.5 Å². The van der Waals surface area contributed by atoms with Crippen molar-refractivity contribution in [3.8, 4) is 11.5 Å². The summed E-state index contributed by atoms with van der Waals surface area (Å²) in [7, 11) is 0. The van der Waals surface area contributed by atoms with Crippen LogP contribution in [0.25, 0.3) is 0 Å². The van der Waals surface area contributed by atoms with Gasteiger partial charge in [-0.05, 0) is 44.5 Å². The number of ether oxygens (including phenoxy) is 1. The zero-order valence-corrected chi connectivity index (χ0v) is 12.9. The Labute approximate surface area is 126 Å². The van der Waals surface area contributed by atoms with Gasteiger partial charge >= 0.3 is 0 Å². The third kappa shape index (κ3) is 5.12. The van der Waals surface area contributed by atoms with E-state index in [-0.39, 0.29) is 11.3 Å². The van der Waals surface area contributed by atoms with Gasteiger partial charge in [-0.2, -0.15) is 0 Å². The van der Waals surface area contributed by atoms with Gasteiger partial charge < -0.3 is 15.2 Å². The Morgan fingerprint density at radius 3 is 2.33 bits per heavy atom. The molecule has 0 aliphatic rings. The summed E-state index contributed by atoms with van der Waals surface area (Å²) in [6.07, 6.45) is 0. The summed E-state index contributed by atoms with van der Waals surface area (Å²) in [4.78, 5) is 0. The molecule has 2 aromatic carbocycles. The van der Waals surface area contributed by atoms with Gasteiger partial charge in [-0.3, -0.25) is 0 Å². The van der Waals surface area contributed by atoms with Crippen molar-refractivity contribution in [1.82, 2.24) is 5.32 Å². The van der Waals surface area contributed by atoms with Crippen molar-refractivity contribution >= 4 is 0 Å². The van der Waals surface area contributed by atoms with Crippen LogP contribution in [-0.2, 0) is 13.2 Å². The average Bonchev–Trinajstić information content (AvgIpc) is 2.44. The quantitative estimate of drug-likeness (QED) is 0.876. The molecule has 112 valence electrons. The Kier molecular flexibility index (Phi) is 4.86. The lowest BCUT2D eigenvalue weighted by Crippen LogP contribution is -2.35. The lowest BCUT2D eigenvalue weighted by Gasteiger charge is -2.21. The molecule has 0 saturated heterocycles. The van der Waals surface area contributed by atoms with Crippen molar-refractivity contribution in [3.05, 3.63) is 59.7 Å². The molecule has 3 nitrogen and oxygen atoms in total. The number of hydrogen-bond acceptors (Lipinski definition) is 3. The van der Waals surface area contributed by atoms with E-state index in [1.165, 1.54) is 0 Å². The molecule has 0 radical (unpaired) electrons. The minimum absolute atomic E-state index is 0.0735. The minimum Gasteiger partial charge on any atom is -0.508 e. The first-order valence-corrected chi connectivity index (χ1v) is 7.18. The van der Waals surface area contributed by atoms with Gasteiger partial charge in [0.05, 0.1) is 0 Å². The van der Waals surface area contributed by atoms with E-state index in [1.807, 2.05) is 30.3 Å². The lowest BCUT2D eigenvalue weighted by atomic mass is 10.1. The van der Waals surface area contributed by atoms with Gasteiger partial charge in [-0.25, -0.2) is 0 Å². The van der Waals surface area contributed by atoms with Crippen LogP contribution in [-0.4, -0.2) is 10.6 Å². The molecule has 0 atom stereocenters. The van der Waals surface area contributed by atoms with E-state index in [2.05, 4.69) is 32.2 Å². The van der Waals surface area contributed by atoms with Gasteiger partial charge in [-0.1, -0.05) is 30.3 Å². The molecule has 0 bridgehead atoms. The number of rotatable bonds is 5. The van der Waals surface area contributed by atoms with E-state index in [4.69, 9.17) is 4.74 Å². The zero-order chi connectivity index (χ0) is 15.3. The van der Waals surface area contributed by atoms with Crippen molar-refractivity contribution in [2.24, 2.45) is 0 Å². The minimum atomic E-state index is 0.0735. The van der Waals surface area contributed by atoms with Gasteiger partial charge in [0.2, 0.25) is 0 Å². The van der Waals surface area contributed by atoms with E-state index in [9.17, 15) is 5.11 Å². The molecule has 0 aliphatic heterocycles. The first-order valence-electron chi connectivity index (χ1n) is 7.18. The standard InChI is InChI=1S/C18H23NO2/c1-18(2,3)19-12-15-6-4-5-7-17(15)21-13-14-8-10-16(20)11-9-14/h4-11,19-20H,12-13H2,1-3H3. The summed E-state index contributed by atoms with van der Waals surface area (Å²) in [6.45, 7) is 7.70. The summed E-state index contributed by atoms with van der Waals surface area (Å²) in [5, 5.41) is 12.8. The normalized spacial score (nSPS) is 11.4. The third-order valence-corrected chi connectivity index (χ3v) is 3.11. The van der Waals surface area contributed by atoms with Gasteiger partial charge in [0.1, 0.15) is 18.1 Å². The maximum absolute atomic E-state index is 9.28. The number of benzene rings is 2. The molecule has 2 rings (SSSR count). The molecule has 0 aliphatic carbocycles. The largest absolute Gasteiger partial charge is 0.508 e. The van der Waals surface area contributed by atoms with Crippen LogP contribution in [0.1, 0.15) is 31.9 Å². The van der Waals surface area contributed by atoms with E-state index in [1.54, 1.807) is 12.1 Å². The number of phenolic OH excluding ortho intramolecular Hbond substituents is 1. The predicted molar refractivity (Wildman–Crippen MR) is 85.5 cm³/mol. The van der Waals surface area contributed by atoms with Crippen LogP contribution in [0.3, 0.4) is 0 Å². The third-order valence-electron chi connectivity index (χ3n) is 3.11. The second kappa shape index (κ2) is 6.64. The van der Waals surface area contributed by atoms with Gasteiger partial charge in [0, 0.05) is 17.6 Å². The molecule has 21 heavy (non-hydrogen) atoms. The Hall–Kier alpha value is -2.00. The summed E-state index contributed by atoms with van der Waals surface area (Å²) in [5.41, 5.74) is 2.25. The highest BCUT2D eigenvalue weighted by molar-refractivity contribution is 5.34. The maximum Gasteiger partial charge on any atom is 0.124 e. The van der Waals surface area contributed by atoms with Crippen LogP contribution in [0, 0.1) is 0 Å². The van der Waals surface area contributed by atoms with Crippen molar-refractivity contribution in [2.45, 2.75) is 39.5 Å². The highest BCUT2D eigenvalue weighted by Crippen LogP contribution is 2.20. The molecular weight excluding hydrogens is 262 g/mol. The molecule has 2 N–H and O–H groups in total. The molecule has 0 heterocycles. The first-order chi connectivity index (χ1) is 9.94. The van der Waals surface area contributed by atoms with Crippen LogP contribution in [0.15, 0.2) is 48.5 Å². The van der Waals surface area contributed by atoms with Crippen molar-refractivity contribution in [1.29, 1.82) is 0 Å². The molecule has 0 aromatic heterocycles. The average molecular weight is 285 g/mol. The molecule has 0 amide bonds. The fourth-order valence-electron chi connectivity index (χ4n) is 1.90. The SMILES string of the molecule is CC(C)(C)NCc1ccccc1OCc1ccc(O)cc1. The van der Waals surface area contributed by atoms with Gasteiger partial charge in [0.15, 0.2) is 0 Å². The van der Waals surface area contributed by atoms with Crippen molar-refractivity contribution in [2.75, 3.05) is 0 Å². The number of para-hydroxylation sites is 1. The summed E-state index contributed by atoms with van der Waals surface area (Å²) in [6, 6.07) is 15.1. The van der Waals surface area contributed by atoms with Gasteiger partial charge in [0.25, 0.3) is 0 Å². The summed E-state index contributed by atoms with van der Waals surface area (Å²) in [5.74, 6) is 1.16. The fourth-order valence-corrected chi connectivity index (χ4v) is 1.90. The molecule has 0 spiro atoms. The van der Waals surface area contributed by atoms with Crippen molar-refractivity contribution < 1.29 is 9.84 Å². The maximum atomic E-state index is 9.28. The first kappa shape index (κ1) is 15.4. The highest BCUT2D eigenvalue weighted by Gasteiger charge is 2.10. The number of nitrogens with one attached hydrogen (secondary N) is 1. The van der Waals surface area contributed by atoms with E-state index < -0.39 is 0 Å². The fraction of sp³-hybridized carbons (Fsp3) is 0.333. The van der Waals surface area contributed by atoms with Crippen molar-refractivity contribution in [3.63, 3.8) is 0 Å². The van der Waals surface area contributed by atoms with Crippen LogP contribution in [0.5, 0.6) is 11.5 Å². The number of hydrogen-bond donors (Lipinski definition) is 2. The lowest BCUT2D eigenvalue weighted by molar-refractivity contribution is 0.300. The monoisotopic (exact) mass is 285 g/mol. The smallest absolute Gasteiger partial charge is 0.124 e. The van der Waals surface area contributed by atoms with Crippen LogP contribution >= 0.6 is 0 Å². The van der Waals surface area contributed by atoms with Crippen LogP contribution in [0.2, 0.25) is 0 Å². The van der Waals surface area contributed by atoms with E-state index in [0.29, 0.717) is 6.61 Å². The summed E-state index contributed by atoms with van der Waals surface area (Å²) >= 11 is 0. The molecule has 2 aromatic rings. The summed E-state index contributed by atoms with van der Waals surface area (Å²) < 4.78 is 5.91. The Morgan fingerprint density at radius 1 is 1.00 bits per heavy atom. The number of phenols is 1. The Bertz CT molecular complexity index is 571. The van der Waals surface area contributed by atoms with E-state index in [0.717, 1.165) is 23.4 Å². The molecule has 0 saturated carbocycles. The molecule has 0 fully saturated rings. The highest BCUT2D eigenvalue weighted by atomic mass is 16.5. The Morgan fingerprint density at radius 2 is 1.67 bits per heavy atom. The molecular formula is C18H23NO2. The van der Waals surface area contributed by atoms with Crippen LogP contribution < -0.4 is 10.1 Å². The van der Waals surface area contributed by atoms with Crippen LogP contribution in [0.4, 0.5) is 0 Å². The van der Waals surface area contributed by atoms with Gasteiger partial charge in [-0.15, -0.1) is 0 Å². The second-order valence-electron chi connectivity index (χ2n) is 6.17. The zero-order valence-electron chi connectivity index (χ0n) is 12.9. The molecule has 0 unspecified atom stereocenters. The molecule has 3 heteroatoms. The Balaban J connectivity index is 2.01. The second-order valence-corrected chi connectivity index (χ2v) is 6.17.